The molecule has 0 spiro atoms. The minimum atomic E-state index is -0.578. The number of carbonyl (C=O) groups is 1. The van der Waals surface area contributed by atoms with Crippen LogP contribution in [0.25, 0.3) is 10.9 Å². The molecule has 33 heavy (non-hydrogen) atoms. The second kappa shape index (κ2) is 12.3. The van der Waals surface area contributed by atoms with Crippen molar-refractivity contribution in [1.29, 1.82) is 0 Å². The molecule has 11 heteroatoms. The van der Waals surface area contributed by atoms with Crippen LogP contribution in [0.4, 0.5) is 5.82 Å². The molecule has 0 amide bonds. The summed E-state index contributed by atoms with van der Waals surface area (Å²) in [6, 6.07) is 3.60. The third-order valence-electron chi connectivity index (χ3n) is 4.92. The number of fused-ring (bicyclic) bond motifs is 1. The number of anilines is 1. The van der Waals surface area contributed by atoms with Crippen LogP contribution in [0.15, 0.2) is 30.7 Å². The van der Waals surface area contributed by atoms with Crippen LogP contribution in [0.5, 0.6) is 11.5 Å². The van der Waals surface area contributed by atoms with Crippen LogP contribution < -0.4 is 20.1 Å². The number of carbonyl (C=O) groups excluding carboxylic acids is 1. The maximum atomic E-state index is 11.7. The molecule has 1 fully saturated rings. The molecule has 1 aromatic heterocycles. The van der Waals surface area contributed by atoms with Crippen molar-refractivity contribution >= 4 is 40.0 Å². The van der Waals surface area contributed by atoms with Crippen LogP contribution >= 0.6 is 12.2 Å². The molecule has 3 rings (SSSR count). The topological polar surface area (TPSA) is 107 Å². The van der Waals surface area contributed by atoms with E-state index in [9.17, 15) is 4.79 Å². The average Bonchev–Trinajstić information content (AvgIpc) is 2.82. The Labute approximate surface area is 198 Å². The molecule has 2 aromatic rings. The fourth-order valence-electron chi connectivity index (χ4n) is 3.28. The van der Waals surface area contributed by atoms with Gasteiger partial charge in [0.2, 0.25) is 0 Å². The number of benzene rings is 1. The van der Waals surface area contributed by atoms with E-state index in [0.717, 1.165) is 39.3 Å². The van der Waals surface area contributed by atoms with Gasteiger partial charge >= 0.3 is 5.97 Å². The zero-order valence-electron chi connectivity index (χ0n) is 18.9. The predicted octanol–water partition coefficient (Wildman–Crippen LogP) is 2.10. The predicted molar refractivity (Wildman–Crippen MR) is 129 cm³/mol. The zero-order valence-corrected chi connectivity index (χ0v) is 19.7. The van der Waals surface area contributed by atoms with E-state index < -0.39 is 5.97 Å². The van der Waals surface area contributed by atoms with Gasteiger partial charge in [-0.05, 0) is 31.6 Å². The number of methoxy groups -OCH3 is 1. The van der Waals surface area contributed by atoms with Gasteiger partial charge in [-0.1, -0.05) is 6.58 Å². The van der Waals surface area contributed by atoms with E-state index >= 15 is 0 Å². The molecule has 178 valence electrons. The summed E-state index contributed by atoms with van der Waals surface area (Å²) in [4.78, 5) is 22.7. The minimum Gasteiger partial charge on any atom is -0.493 e. The van der Waals surface area contributed by atoms with Crippen molar-refractivity contribution in [2.75, 3.05) is 58.5 Å². The monoisotopic (exact) mass is 475 g/mol. The average molecular weight is 476 g/mol. The van der Waals surface area contributed by atoms with Gasteiger partial charge in [-0.3, -0.25) is 4.90 Å². The molecule has 0 unspecified atom stereocenters. The van der Waals surface area contributed by atoms with Gasteiger partial charge in [0.15, 0.2) is 16.6 Å². The van der Waals surface area contributed by atoms with Crippen LogP contribution in [0, 0.1) is 0 Å². The van der Waals surface area contributed by atoms with E-state index in [4.69, 9.17) is 31.2 Å². The third kappa shape index (κ3) is 6.98. The van der Waals surface area contributed by atoms with E-state index in [1.807, 2.05) is 6.07 Å². The lowest BCUT2D eigenvalue weighted by atomic mass is 10.2. The first-order valence-electron chi connectivity index (χ1n) is 10.7. The maximum absolute atomic E-state index is 11.7. The molecule has 2 heterocycles. The van der Waals surface area contributed by atoms with Gasteiger partial charge in [-0.15, -0.1) is 0 Å². The second-order valence-electron chi connectivity index (χ2n) is 7.18. The standard InChI is InChI=1S/C22H29N5O5S/c1-4-31-21(28)15(2)25-22(33)26-20-16-12-18(29-3)19(13-17(16)23-14-24-20)32-9-5-6-27-7-10-30-11-8-27/h12-14H,2,4-11H2,1,3H3,(H2,23,24,25,26,33). The Morgan fingerprint density at radius 3 is 2.79 bits per heavy atom. The summed E-state index contributed by atoms with van der Waals surface area (Å²) >= 11 is 5.27. The number of morpholine rings is 1. The molecule has 0 radical (unpaired) electrons. The Kier molecular flexibility index (Phi) is 9.16. The van der Waals surface area contributed by atoms with E-state index in [0.29, 0.717) is 34.8 Å². The van der Waals surface area contributed by atoms with E-state index in [-0.39, 0.29) is 17.4 Å². The Hall–Kier alpha value is -3.02. The summed E-state index contributed by atoms with van der Waals surface area (Å²) in [5.74, 6) is 1.03. The molecule has 0 bridgehead atoms. The first-order valence-corrected chi connectivity index (χ1v) is 11.1. The van der Waals surface area contributed by atoms with Crippen molar-refractivity contribution in [2.45, 2.75) is 13.3 Å². The summed E-state index contributed by atoms with van der Waals surface area (Å²) in [6.07, 6.45) is 2.31. The fraction of sp³-hybridized carbons (Fsp3) is 0.455. The van der Waals surface area contributed by atoms with Crippen LogP contribution in [0.1, 0.15) is 13.3 Å². The summed E-state index contributed by atoms with van der Waals surface area (Å²) in [6.45, 7) is 10.6. The molecule has 0 atom stereocenters. The van der Waals surface area contributed by atoms with Crippen molar-refractivity contribution in [2.24, 2.45) is 0 Å². The van der Waals surface area contributed by atoms with Crippen molar-refractivity contribution in [3.8, 4) is 11.5 Å². The molecule has 1 saturated heterocycles. The number of thiocarbonyl (C=S) groups is 1. The first kappa shape index (κ1) is 24.6. The second-order valence-corrected chi connectivity index (χ2v) is 7.58. The quantitative estimate of drug-likeness (QED) is 0.228. The van der Waals surface area contributed by atoms with Gasteiger partial charge in [-0.2, -0.15) is 0 Å². The van der Waals surface area contributed by atoms with E-state index in [2.05, 4.69) is 32.1 Å². The van der Waals surface area contributed by atoms with Gasteiger partial charge < -0.3 is 29.6 Å². The number of nitrogens with one attached hydrogen (secondary N) is 2. The van der Waals surface area contributed by atoms with Gasteiger partial charge in [0.1, 0.15) is 17.8 Å². The van der Waals surface area contributed by atoms with Crippen molar-refractivity contribution < 1.29 is 23.7 Å². The molecular formula is C22H29N5O5S. The summed E-state index contributed by atoms with van der Waals surface area (Å²) in [5.41, 5.74) is 0.682. The molecule has 2 N–H and O–H groups in total. The smallest absolute Gasteiger partial charge is 0.354 e. The first-order chi connectivity index (χ1) is 16.0. The largest absolute Gasteiger partial charge is 0.493 e. The van der Waals surface area contributed by atoms with Crippen molar-refractivity contribution in [1.82, 2.24) is 20.2 Å². The van der Waals surface area contributed by atoms with Gasteiger partial charge in [0.25, 0.3) is 0 Å². The molecule has 1 aliphatic heterocycles. The molecule has 1 aliphatic rings. The Morgan fingerprint density at radius 2 is 2.06 bits per heavy atom. The summed E-state index contributed by atoms with van der Waals surface area (Å²) < 4.78 is 21.8. The highest BCUT2D eigenvalue weighted by Crippen LogP contribution is 2.34. The number of hydrogen-bond donors (Lipinski definition) is 2. The van der Waals surface area contributed by atoms with Crippen LogP contribution in [-0.2, 0) is 14.3 Å². The van der Waals surface area contributed by atoms with Gasteiger partial charge in [0, 0.05) is 31.1 Å². The SMILES string of the molecule is C=C(NC(=S)Nc1ncnc2cc(OCCCN3CCOCC3)c(OC)cc12)C(=O)OCC. The van der Waals surface area contributed by atoms with E-state index in [1.54, 1.807) is 20.1 Å². The Bertz CT molecular complexity index is 997. The number of hydrogen-bond acceptors (Lipinski definition) is 9. The summed E-state index contributed by atoms with van der Waals surface area (Å²) in [5, 5.41) is 6.49. The van der Waals surface area contributed by atoms with Crippen LogP contribution in [0.3, 0.4) is 0 Å². The molecule has 0 saturated carbocycles. The van der Waals surface area contributed by atoms with E-state index in [1.165, 1.54) is 6.33 Å². The number of esters is 1. The molecule has 10 nitrogen and oxygen atoms in total. The van der Waals surface area contributed by atoms with Crippen LogP contribution in [0.2, 0.25) is 0 Å². The molecular weight excluding hydrogens is 446 g/mol. The minimum absolute atomic E-state index is 0.0260. The lowest BCUT2D eigenvalue weighted by molar-refractivity contribution is -0.138. The van der Waals surface area contributed by atoms with Gasteiger partial charge in [-0.25, -0.2) is 14.8 Å². The normalized spacial score (nSPS) is 13.9. The van der Waals surface area contributed by atoms with Crippen LogP contribution in [-0.4, -0.2) is 79.1 Å². The Morgan fingerprint density at radius 1 is 1.27 bits per heavy atom. The fourth-order valence-corrected chi connectivity index (χ4v) is 3.50. The van der Waals surface area contributed by atoms with Gasteiger partial charge in [0.05, 0.1) is 39.1 Å². The molecule has 1 aromatic carbocycles. The number of nitrogens with zero attached hydrogens (tertiary/aromatic N) is 3. The molecule has 0 aliphatic carbocycles. The number of rotatable bonds is 10. The lowest BCUT2D eigenvalue weighted by Crippen LogP contribution is -2.37. The lowest BCUT2D eigenvalue weighted by Gasteiger charge is -2.26. The maximum Gasteiger partial charge on any atom is 0.354 e. The Balaban J connectivity index is 1.65. The summed E-state index contributed by atoms with van der Waals surface area (Å²) in [7, 11) is 1.58. The highest BCUT2D eigenvalue weighted by atomic mass is 32.1. The van der Waals surface area contributed by atoms with Crippen molar-refractivity contribution in [3.63, 3.8) is 0 Å². The highest BCUT2D eigenvalue weighted by molar-refractivity contribution is 7.80. The van der Waals surface area contributed by atoms with Crippen molar-refractivity contribution in [3.05, 3.63) is 30.7 Å². The zero-order chi connectivity index (χ0) is 23.6. The number of aromatic nitrogens is 2. The number of ether oxygens (including phenoxy) is 4. The highest BCUT2D eigenvalue weighted by Gasteiger charge is 2.15. The third-order valence-corrected chi connectivity index (χ3v) is 5.12.